The standard InChI is InChI=1S/C27H26N4O4S2/c1-34-19-12-13-21(35-2)17(14-19)15-28-30-23(32)16-36-27-29-25-24(20-10-6-7-11-22(20)37-25)26(33)31(27)18-8-4-3-5-9-18/h3-5,8-9,12-15H,6-7,10-11,16H2,1-2H3,(H,30,32)/b28-15-. The van der Waals surface area contributed by atoms with E-state index < -0.39 is 0 Å². The molecular formula is C27H26N4O4S2. The minimum absolute atomic E-state index is 0.0441. The van der Waals surface area contributed by atoms with Crippen molar-refractivity contribution in [3.05, 3.63) is 74.9 Å². The molecule has 5 rings (SSSR count). The van der Waals surface area contributed by atoms with Crippen molar-refractivity contribution in [2.45, 2.75) is 30.8 Å². The van der Waals surface area contributed by atoms with Gasteiger partial charge in [0, 0.05) is 10.4 Å². The van der Waals surface area contributed by atoms with E-state index in [1.54, 1.807) is 48.3 Å². The van der Waals surface area contributed by atoms with Crippen LogP contribution in [0.1, 0.15) is 28.8 Å². The van der Waals surface area contributed by atoms with Gasteiger partial charge in [-0.25, -0.2) is 10.4 Å². The first-order valence-electron chi connectivity index (χ1n) is 11.9. The summed E-state index contributed by atoms with van der Waals surface area (Å²) in [6.07, 6.45) is 5.62. The van der Waals surface area contributed by atoms with Gasteiger partial charge in [-0.15, -0.1) is 11.3 Å². The van der Waals surface area contributed by atoms with E-state index in [1.807, 2.05) is 30.3 Å². The minimum atomic E-state index is -0.317. The van der Waals surface area contributed by atoms with Crippen molar-refractivity contribution in [2.24, 2.45) is 5.10 Å². The molecule has 1 amide bonds. The summed E-state index contributed by atoms with van der Waals surface area (Å²) in [6, 6.07) is 14.8. The number of benzene rings is 2. The van der Waals surface area contributed by atoms with Crippen LogP contribution in [0.15, 0.2) is 63.6 Å². The molecule has 4 aromatic rings. The van der Waals surface area contributed by atoms with Gasteiger partial charge in [-0.3, -0.25) is 14.2 Å². The van der Waals surface area contributed by atoms with Crippen LogP contribution in [0.25, 0.3) is 15.9 Å². The molecule has 190 valence electrons. The van der Waals surface area contributed by atoms with Crippen molar-refractivity contribution in [3.8, 4) is 17.2 Å². The Bertz CT molecular complexity index is 1530. The monoisotopic (exact) mass is 534 g/mol. The Hall–Kier alpha value is -3.63. The molecule has 2 aromatic carbocycles. The maximum Gasteiger partial charge on any atom is 0.267 e. The van der Waals surface area contributed by atoms with Gasteiger partial charge in [-0.05, 0) is 61.6 Å². The Morgan fingerprint density at radius 2 is 1.97 bits per heavy atom. The molecule has 0 fully saturated rings. The molecule has 10 heteroatoms. The summed E-state index contributed by atoms with van der Waals surface area (Å²) in [7, 11) is 3.14. The average Bonchev–Trinajstić information content (AvgIpc) is 3.31. The lowest BCUT2D eigenvalue weighted by molar-refractivity contribution is -0.118. The maximum atomic E-state index is 13.7. The van der Waals surface area contributed by atoms with Gasteiger partial charge in [0.05, 0.1) is 37.3 Å². The van der Waals surface area contributed by atoms with Crippen molar-refractivity contribution in [3.63, 3.8) is 0 Å². The molecule has 0 aliphatic heterocycles. The van der Waals surface area contributed by atoms with Gasteiger partial charge in [0.15, 0.2) is 5.16 Å². The number of thiophene rings is 1. The van der Waals surface area contributed by atoms with Gasteiger partial charge in [0.2, 0.25) is 0 Å². The molecule has 2 aromatic heterocycles. The number of hydrogen-bond donors (Lipinski definition) is 1. The van der Waals surface area contributed by atoms with E-state index in [2.05, 4.69) is 10.5 Å². The van der Waals surface area contributed by atoms with Gasteiger partial charge < -0.3 is 9.47 Å². The molecule has 0 saturated heterocycles. The number of para-hydroxylation sites is 1. The third-order valence-corrected chi connectivity index (χ3v) is 8.26. The highest BCUT2D eigenvalue weighted by Gasteiger charge is 2.23. The van der Waals surface area contributed by atoms with E-state index in [9.17, 15) is 9.59 Å². The molecule has 0 atom stereocenters. The fourth-order valence-electron chi connectivity index (χ4n) is 4.36. The maximum absolute atomic E-state index is 13.7. The molecule has 1 aliphatic carbocycles. The van der Waals surface area contributed by atoms with Crippen LogP contribution in [-0.2, 0) is 17.6 Å². The Balaban J connectivity index is 1.39. The zero-order valence-electron chi connectivity index (χ0n) is 20.5. The second-order valence-corrected chi connectivity index (χ2v) is 10.5. The van der Waals surface area contributed by atoms with Crippen LogP contribution < -0.4 is 20.5 Å². The number of amides is 1. The first-order valence-corrected chi connectivity index (χ1v) is 13.7. The molecule has 1 aliphatic rings. The van der Waals surface area contributed by atoms with Crippen LogP contribution >= 0.6 is 23.1 Å². The fraction of sp³-hybridized carbons (Fsp3) is 0.259. The predicted molar refractivity (Wildman–Crippen MR) is 148 cm³/mol. The van der Waals surface area contributed by atoms with E-state index in [4.69, 9.17) is 14.5 Å². The number of nitrogens with zero attached hydrogens (tertiary/aromatic N) is 3. The van der Waals surface area contributed by atoms with Gasteiger partial charge in [-0.2, -0.15) is 5.10 Å². The van der Waals surface area contributed by atoms with Crippen LogP contribution in [0.3, 0.4) is 0 Å². The smallest absolute Gasteiger partial charge is 0.267 e. The first kappa shape index (κ1) is 25.0. The molecule has 2 heterocycles. The first-order chi connectivity index (χ1) is 18.1. The van der Waals surface area contributed by atoms with Crippen molar-refractivity contribution in [1.82, 2.24) is 15.0 Å². The van der Waals surface area contributed by atoms with Gasteiger partial charge >= 0.3 is 0 Å². The molecule has 8 nitrogen and oxygen atoms in total. The summed E-state index contributed by atoms with van der Waals surface area (Å²) in [5.74, 6) is 0.987. The van der Waals surface area contributed by atoms with Crippen molar-refractivity contribution < 1.29 is 14.3 Å². The van der Waals surface area contributed by atoms with Crippen LogP contribution in [-0.4, -0.2) is 41.6 Å². The number of carbonyl (C=O) groups is 1. The molecule has 0 radical (unpaired) electrons. The van der Waals surface area contributed by atoms with E-state index in [0.717, 1.165) is 41.8 Å². The fourth-order valence-corrected chi connectivity index (χ4v) is 6.47. The largest absolute Gasteiger partial charge is 0.497 e. The number of ether oxygens (including phenoxy) is 2. The van der Waals surface area contributed by atoms with E-state index in [1.165, 1.54) is 22.9 Å². The molecule has 0 spiro atoms. The third kappa shape index (κ3) is 5.26. The number of fused-ring (bicyclic) bond motifs is 3. The lowest BCUT2D eigenvalue weighted by Crippen LogP contribution is -2.24. The Labute approximate surface area is 222 Å². The number of aryl methyl sites for hydroxylation is 2. The molecular weight excluding hydrogens is 508 g/mol. The van der Waals surface area contributed by atoms with Crippen molar-refractivity contribution in [2.75, 3.05) is 20.0 Å². The number of aromatic nitrogens is 2. The summed E-state index contributed by atoms with van der Waals surface area (Å²) in [6.45, 7) is 0. The van der Waals surface area contributed by atoms with Gasteiger partial charge in [-0.1, -0.05) is 30.0 Å². The zero-order valence-corrected chi connectivity index (χ0v) is 22.2. The summed E-state index contributed by atoms with van der Waals surface area (Å²) in [4.78, 5) is 33.2. The van der Waals surface area contributed by atoms with Crippen LogP contribution in [0, 0.1) is 0 Å². The SMILES string of the molecule is COc1ccc(OC)c(/C=N\NC(=O)CSc2nc3sc4c(c3c(=O)n2-c2ccccc2)CCCC4)c1. The molecule has 37 heavy (non-hydrogen) atoms. The van der Waals surface area contributed by atoms with Gasteiger partial charge in [0.25, 0.3) is 11.5 Å². The lowest BCUT2D eigenvalue weighted by atomic mass is 9.97. The number of rotatable bonds is 8. The summed E-state index contributed by atoms with van der Waals surface area (Å²) < 4.78 is 12.2. The summed E-state index contributed by atoms with van der Waals surface area (Å²) >= 11 is 2.81. The van der Waals surface area contributed by atoms with E-state index >= 15 is 0 Å². The summed E-state index contributed by atoms with van der Waals surface area (Å²) in [5, 5.41) is 5.27. The zero-order chi connectivity index (χ0) is 25.8. The molecule has 0 bridgehead atoms. The highest BCUT2D eigenvalue weighted by molar-refractivity contribution is 7.99. The molecule has 1 N–H and O–H groups in total. The van der Waals surface area contributed by atoms with E-state index in [0.29, 0.717) is 27.6 Å². The quantitative estimate of drug-likeness (QED) is 0.154. The van der Waals surface area contributed by atoms with Crippen LogP contribution in [0.5, 0.6) is 11.5 Å². The summed E-state index contributed by atoms with van der Waals surface area (Å²) in [5.41, 5.74) is 5.00. The number of nitrogens with one attached hydrogen (secondary N) is 1. The second kappa shape index (κ2) is 11.2. The number of hydrazone groups is 1. The number of methoxy groups -OCH3 is 2. The van der Waals surface area contributed by atoms with E-state index in [-0.39, 0.29) is 17.2 Å². The Morgan fingerprint density at radius 1 is 1.16 bits per heavy atom. The lowest BCUT2D eigenvalue weighted by Gasteiger charge is -2.13. The minimum Gasteiger partial charge on any atom is -0.497 e. The highest BCUT2D eigenvalue weighted by atomic mass is 32.2. The number of carbonyl (C=O) groups excluding carboxylic acids is 1. The Morgan fingerprint density at radius 3 is 2.76 bits per heavy atom. The van der Waals surface area contributed by atoms with Crippen LogP contribution in [0.2, 0.25) is 0 Å². The van der Waals surface area contributed by atoms with Crippen molar-refractivity contribution >= 4 is 45.4 Å². The predicted octanol–water partition coefficient (Wildman–Crippen LogP) is 4.59. The average molecular weight is 535 g/mol. The van der Waals surface area contributed by atoms with Gasteiger partial charge in [0.1, 0.15) is 16.3 Å². The number of hydrogen-bond acceptors (Lipinski definition) is 8. The number of thioether (sulfide) groups is 1. The topological polar surface area (TPSA) is 94.8 Å². The van der Waals surface area contributed by atoms with Crippen LogP contribution in [0.4, 0.5) is 0 Å². The highest BCUT2D eigenvalue weighted by Crippen LogP contribution is 2.35. The normalized spacial score (nSPS) is 13.0. The van der Waals surface area contributed by atoms with Crippen molar-refractivity contribution in [1.29, 1.82) is 0 Å². The Kier molecular flexibility index (Phi) is 7.57. The second-order valence-electron chi connectivity index (χ2n) is 8.45. The third-order valence-electron chi connectivity index (χ3n) is 6.13. The molecule has 0 unspecified atom stereocenters. The molecule has 0 saturated carbocycles.